The molecule has 3 aromatic rings. The van der Waals surface area contributed by atoms with Gasteiger partial charge in [0.2, 0.25) is 5.82 Å². The van der Waals surface area contributed by atoms with Crippen molar-refractivity contribution in [3.05, 3.63) is 63.4 Å². The minimum atomic E-state index is -0.833. The summed E-state index contributed by atoms with van der Waals surface area (Å²) in [5.74, 6) is -0.0650. The topological polar surface area (TPSA) is 119 Å². The van der Waals surface area contributed by atoms with Gasteiger partial charge in [0.25, 0.3) is 0 Å². The molecule has 0 spiro atoms. The first-order chi connectivity index (χ1) is 14.1. The van der Waals surface area contributed by atoms with Gasteiger partial charge in [-0.15, -0.1) is 0 Å². The van der Waals surface area contributed by atoms with Crippen molar-refractivity contribution in [2.45, 2.75) is 32.9 Å². The van der Waals surface area contributed by atoms with E-state index in [0.29, 0.717) is 0 Å². The van der Waals surface area contributed by atoms with Crippen molar-refractivity contribution in [1.29, 1.82) is 0 Å². The molecular formula is C20H20ClN5O4. The summed E-state index contributed by atoms with van der Waals surface area (Å²) in [5.41, 5.74) is 0.430. The largest absolute Gasteiger partial charge is 0.444 e. The van der Waals surface area contributed by atoms with Crippen LogP contribution in [0.1, 0.15) is 26.3 Å². The van der Waals surface area contributed by atoms with Crippen molar-refractivity contribution in [3.8, 4) is 0 Å². The third-order valence-electron chi connectivity index (χ3n) is 3.91. The first-order valence-electron chi connectivity index (χ1n) is 9.05. The van der Waals surface area contributed by atoms with E-state index in [2.05, 4.69) is 20.6 Å². The summed E-state index contributed by atoms with van der Waals surface area (Å²) in [5, 5.41) is 17.9. The molecule has 156 valence electrons. The zero-order valence-corrected chi connectivity index (χ0v) is 17.4. The van der Waals surface area contributed by atoms with Gasteiger partial charge in [-0.2, -0.15) is 0 Å². The van der Waals surface area contributed by atoms with E-state index in [4.69, 9.17) is 16.3 Å². The predicted molar refractivity (Wildman–Crippen MR) is 115 cm³/mol. The smallest absolute Gasteiger partial charge is 0.412 e. The average Bonchev–Trinajstić information content (AvgIpc) is 2.64. The van der Waals surface area contributed by atoms with Crippen LogP contribution in [-0.2, 0) is 11.3 Å². The Bertz CT molecular complexity index is 1110. The van der Waals surface area contributed by atoms with Crippen LogP contribution in [0.5, 0.6) is 0 Å². The van der Waals surface area contributed by atoms with Gasteiger partial charge in [-0.3, -0.25) is 20.4 Å². The molecule has 30 heavy (non-hydrogen) atoms. The lowest BCUT2D eigenvalue weighted by Gasteiger charge is -2.20. The number of aromatic nitrogens is 2. The molecule has 0 saturated carbocycles. The fraction of sp³-hybridized carbons (Fsp3) is 0.250. The Morgan fingerprint density at radius 2 is 2.03 bits per heavy atom. The molecule has 0 radical (unpaired) electrons. The van der Waals surface area contributed by atoms with E-state index < -0.39 is 22.3 Å². The van der Waals surface area contributed by atoms with Gasteiger partial charge < -0.3 is 10.1 Å². The lowest BCUT2D eigenvalue weighted by Crippen LogP contribution is -2.27. The zero-order chi connectivity index (χ0) is 21.9. The maximum absolute atomic E-state index is 12.1. The number of hydrogen-bond donors (Lipinski definition) is 2. The standard InChI is InChI=1S/C20H20ClN5O4/c1-20(2,3)30-19(27)24-15-10-16(21)25-18(17(15)26(28)29)23-11-12-6-7-14-13(9-12)5-4-8-22-14/h4-10H,11H2,1-3H3,(H2,23,24,25,27). The van der Waals surface area contributed by atoms with Crippen LogP contribution in [0.2, 0.25) is 5.15 Å². The number of nitrogens with zero attached hydrogens (tertiary/aromatic N) is 3. The molecule has 9 nitrogen and oxygen atoms in total. The number of benzene rings is 1. The molecule has 0 aliphatic rings. The number of halogens is 1. The summed E-state index contributed by atoms with van der Waals surface area (Å²) in [6, 6.07) is 10.6. The monoisotopic (exact) mass is 429 g/mol. The molecular weight excluding hydrogens is 410 g/mol. The number of anilines is 2. The zero-order valence-electron chi connectivity index (χ0n) is 16.6. The van der Waals surface area contributed by atoms with Gasteiger partial charge in [0.05, 0.1) is 10.4 Å². The maximum atomic E-state index is 12.1. The predicted octanol–water partition coefficient (Wildman–Crippen LogP) is 5.15. The first kappa shape index (κ1) is 21.3. The number of carbonyl (C=O) groups is 1. The highest BCUT2D eigenvalue weighted by atomic mass is 35.5. The Balaban J connectivity index is 1.86. The average molecular weight is 430 g/mol. The van der Waals surface area contributed by atoms with Crippen LogP contribution in [0.25, 0.3) is 10.9 Å². The number of nitrogens with one attached hydrogen (secondary N) is 2. The number of carbonyl (C=O) groups excluding carboxylic acids is 1. The molecule has 1 aromatic carbocycles. The third-order valence-corrected chi connectivity index (χ3v) is 4.10. The molecule has 0 bridgehead atoms. The number of fused-ring (bicyclic) bond motifs is 1. The molecule has 0 atom stereocenters. The summed E-state index contributed by atoms with van der Waals surface area (Å²) in [6.07, 6.45) is 0.874. The minimum Gasteiger partial charge on any atom is -0.444 e. The molecule has 1 amide bonds. The van der Waals surface area contributed by atoms with E-state index in [1.807, 2.05) is 30.3 Å². The fourth-order valence-corrected chi connectivity index (χ4v) is 2.94. The van der Waals surface area contributed by atoms with Crippen LogP contribution in [0.15, 0.2) is 42.6 Å². The van der Waals surface area contributed by atoms with Gasteiger partial charge in [0.15, 0.2) is 0 Å². The number of hydrogen-bond acceptors (Lipinski definition) is 7. The molecule has 0 aliphatic carbocycles. The second-order valence-corrected chi connectivity index (χ2v) is 7.85. The molecule has 2 aromatic heterocycles. The van der Waals surface area contributed by atoms with Gasteiger partial charge in [-0.1, -0.05) is 23.7 Å². The molecule has 10 heteroatoms. The molecule has 2 heterocycles. The molecule has 0 saturated heterocycles. The lowest BCUT2D eigenvalue weighted by molar-refractivity contribution is -0.383. The van der Waals surface area contributed by atoms with E-state index in [1.54, 1.807) is 27.0 Å². The van der Waals surface area contributed by atoms with E-state index in [-0.39, 0.29) is 23.2 Å². The Morgan fingerprint density at radius 1 is 1.27 bits per heavy atom. The van der Waals surface area contributed by atoms with Gasteiger partial charge in [-0.25, -0.2) is 9.78 Å². The Labute approximate surface area is 177 Å². The van der Waals surface area contributed by atoms with Crippen LogP contribution in [-0.4, -0.2) is 26.6 Å². The molecule has 0 unspecified atom stereocenters. The van der Waals surface area contributed by atoms with Crippen molar-refractivity contribution in [2.75, 3.05) is 10.6 Å². The van der Waals surface area contributed by atoms with Crippen molar-refractivity contribution >= 4 is 45.8 Å². The van der Waals surface area contributed by atoms with Crippen LogP contribution in [0.4, 0.5) is 22.0 Å². The normalized spacial score (nSPS) is 11.2. The van der Waals surface area contributed by atoms with Gasteiger partial charge in [0.1, 0.15) is 16.4 Å². The Kier molecular flexibility index (Phi) is 6.02. The first-order valence-corrected chi connectivity index (χ1v) is 9.42. The van der Waals surface area contributed by atoms with Crippen LogP contribution >= 0.6 is 11.6 Å². The number of amides is 1. The van der Waals surface area contributed by atoms with Crippen molar-refractivity contribution in [1.82, 2.24) is 9.97 Å². The summed E-state index contributed by atoms with van der Waals surface area (Å²) in [4.78, 5) is 31.4. The number of pyridine rings is 2. The van der Waals surface area contributed by atoms with E-state index in [0.717, 1.165) is 16.5 Å². The lowest BCUT2D eigenvalue weighted by atomic mass is 10.1. The van der Waals surface area contributed by atoms with Crippen molar-refractivity contribution in [3.63, 3.8) is 0 Å². The summed E-state index contributed by atoms with van der Waals surface area (Å²) in [7, 11) is 0. The quantitative estimate of drug-likeness (QED) is 0.327. The number of rotatable bonds is 5. The summed E-state index contributed by atoms with van der Waals surface area (Å²) < 4.78 is 5.16. The van der Waals surface area contributed by atoms with Crippen LogP contribution in [0.3, 0.4) is 0 Å². The Hall–Kier alpha value is -3.46. The highest BCUT2D eigenvalue weighted by Crippen LogP contribution is 2.34. The summed E-state index contributed by atoms with van der Waals surface area (Å²) >= 11 is 6.03. The highest BCUT2D eigenvalue weighted by Gasteiger charge is 2.26. The van der Waals surface area contributed by atoms with Crippen LogP contribution < -0.4 is 10.6 Å². The van der Waals surface area contributed by atoms with Gasteiger partial charge >= 0.3 is 11.8 Å². The SMILES string of the molecule is CC(C)(C)OC(=O)Nc1cc(Cl)nc(NCc2ccc3ncccc3c2)c1[N+](=O)[O-]. The molecule has 3 rings (SSSR count). The third kappa shape index (κ3) is 5.32. The van der Waals surface area contributed by atoms with E-state index >= 15 is 0 Å². The number of ether oxygens (including phenoxy) is 1. The minimum absolute atomic E-state index is 0.0168. The molecule has 2 N–H and O–H groups in total. The second kappa shape index (κ2) is 8.50. The fourth-order valence-electron chi connectivity index (χ4n) is 2.74. The molecule has 0 fully saturated rings. The van der Waals surface area contributed by atoms with E-state index in [9.17, 15) is 14.9 Å². The Morgan fingerprint density at radius 3 is 2.73 bits per heavy atom. The summed E-state index contributed by atoms with van der Waals surface area (Å²) in [6.45, 7) is 5.32. The number of nitro groups is 1. The van der Waals surface area contributed by atoms with Gasteiger partial charge in [-0.05, 0) is 44.5 Å². The van der Waals surface area contributed by atoms with Gasteiger partial charge in [0, 0.05) is 24.2 Å². The molecule has 0 aliphatic heterocycles. The maximum Gasteiger partial charge on any atom is 0.412 e. The van der Waals surface area contributed by atoms with Crippen LogP contribution in [0, 0.1) is 10.1 Å². The van der Waals surface area contributed by atoms with E-state index in [1.165, 1.54) is 6.07 Å². The second-order valence-electron chi connectivity index (χ2n) is 7.46. The van der Waals surface area contributed by atoms with Crippen molar-refractivity contribution in [2.24, 2.45) is 0 Å². The highest BCUT2D eigenvalue weighted by molar-refractivity contribution is 6.30. The van der Waals surface area contributed by atoms with Crippen molar-refractivity contribution < 1.29 is 14.5 Å².